The predicted octanol–water partition coefficient (Wildman–Crippen LogP) is -1.04. The molecule has 4 N–H and O–H groups in total. The molecule has 0 aromatic rings. The van der Waals surface area contributed by atoms with Crippen molar-refractivity contribution in [3.05, 3.63) is 0 Å². The summed E-state index contributed by atoms with van der Waals surface area (Å²) >= 11 is 0. The normalized spacial score (nSPS) is 14.3. The number of aliphatic hydroxyl groups excluding tert-OH is 2. The monoisotopic (exact) mass is 219 g/mol. The zero-order chi connectivity index (χ0) is 11.8. The first kappa shape index (κ1) is 13.9. The lowest BCUT2D eigenvalue weighted by atomic mass is 10.0. The van der Waals surface area contributed by atoms with E-state index in [1.54, 1.807) is 6.92 Å². The number of rotatable bonds is 7. The van der Waals surface area contributed by atoms with E-state index in [9.17, 15) is 9.59 Å². The van der Waals surface area contributed by atoms with Crippen LogP contribution >= 0.6 is 0 Å². The number of carbonyl (C=O) groups is 2. The molecule has 1 amide bonds. The zero-order valence-corrected chi connectivity index (χ0v) is 8.64. The average molecular weight is 219 g/mol. The molecule has 0 aliphatic carbocycles. The van der Waals surface area contributed by atoms with E-state index in [0.717, 1.165) is 0 Å². The Bertz CT molecular complexity index is 219. The van der Waals surface area contributed by atoms with Gasteiger partial charge < -0.3 is 20.6 Å². The van der Waals surface area contributed by atoms with Crippen molar-refractivity contribution < 1.29 is 24.9 Å². The topological polar surface area (TPSA) is 107 Å². The fourth-order valence-corrected chi connectivity index (χ4v) is 1.06. The number of carboxylic acid groups (broad SMARTS) is 1. The van der Waals surface area contributed by atoms with Gasteiger partial charge in [-0.15, -0.1) is 0 Å². The third kappa shape index (κ3) is 7.90. The summed E-state index contributed by atoms with van der Waals surface area (Å²) in [5.41, 5.74) is 0. The summed E-state index contributed by atoms with van der Waals surface area (Å²) in [6.07, 6.45) is -0.927. The molecule has 0 aliphatic rings. The molecule has 0 saturated carbocycles. The van der Waals surface area contributed by atoms with Crippen LogP contribution in [0.25, 0.3) is 0 Å². The van der Waals surface area contributed by atoms with E-state index in [-0.39, 0.29) is 31.2 Å². The molecule has 0 bridgehead atoms. The highest BCUT2D eigenvalue weighted by Gasteiger charge is 2.13. The number of hydrogen-bond donors (Lipinski definition) is 4. The molecule has 0 radical (unpaired) electrons. The van der Waals surface area contributed by atoms with Gasteiger partial charge in [0.05, 0.1) is 12.7 Å². The van der Waals surface area contributed by atoms with Gasteiger partial charge in [-0.2, -0.15) is 0 Å². The summed E-state index contributed by atoms with van der Waals surface area (Å²) < 4.78 is 0. The molecule has 88 valence electrons. The van der Waals surface area contributed by atoms with Gasteiger partial charge in [0.1, 0.15) is 0 Å². The lowest BCUT2D eigenvalue weighted by Crippen LogP contribution is -2.34. The van der Waals surface area contributed by atoms with Crippen molar-refractivity contribution in [2.75, 3.05) is 13.2 Å². The van der Waals surface area contributed by atoms with E-state index in [2.05, 4.69) is 5.32 Å². The maximum absolute atomic E-state index is 11.2. The third-order valence-corrected chi connectivity index (χ3v) is 1.80. The molecule has 0 spiro atoms. The summed E-state index contributed by atoms with van der Waals surface area (Å²) in [5, 5.41) is 28.2. The van der Waals surface area contributed by atoms with Gasteiger partial charge in [-0.05, 0) is 5.92 Å². The Balaban J connectivity index is 3.69. The second kappa shape index (κ2) is 7.19. The summed E-state index contributed by atoms with van der Waals surface area (Å²) in [7, 11) is 0. The molecule has 0 heterocycles. The fourth-order valence-electron chi connectivity index (χ4n) is 1.06. The largest absolute Gasteiger partial charge is 0.481 e. The number of aliphatic carboxylic acids is 1. The number of aliphatic hydroxyl groups is 2. The fraction of sp³-hybridized carbons (Fsp3) is 0.778. The van der Waals surface area contributed by atoms with Crippen LogP contribution in [0.4, 0.5) is 0 Å². The van der Waals surface area contributed by atoms with E-state index < -0.39 is 18.7 Å². The maximum atomic E-state index is 11.2. The first-order valence-electron chi connectivity index (χ1n) is 4.73. The first-order valence-corrected chi connectivity index (χ1v) is 4.73. The summed E-state index contributed by atoms with van der Waals surface area (Å²) in [5.74, 6) is -1.50. The lowest BCUT2D eigenvalue weighted by molar-refractivity contribution is -0.138. The molecular formula is C9H17NO5. The Morgan fingerprint density at radius 1 is 1.33 bits per heavy atom. The van der Waals surface area contributed by atoms with E-state index >= 15 is 0 Å². The van der Waals surface area contributed by atoms with Crippen molar-refractivity contribution in [3.8, 4) is 0 Å². The van der Waals surface area contributed by atoms with Crippen molar-refractivity contribution >= 4 is 11.9 Å². The minimum atomic E-state index is -0.969. The van der Waals surface area contributed by atoms with Gasteiger partial charge in [-0.3, -0.25) is 9.59 Å². The van der Waals surface area contributed by atoms with Crippen LogP contribution in [0.15, 0.2) is 0 Å². The minimum Gasteiger partial charge on any atom is -0.481 e. The highest BCUT2D eigenvalue weighted by Crippen LogP contribution is 2.06. The van der Waals surface area contributed by atoms with Crippen molar-refractivity contribution in [1.82, 2.24) is 5.32 Å². The van der Waals surface area contributed by atoms with E-state index in [1.807, 2.05) is 0 Å². The lowest BCUT2D eigenvalue weighted by Gasteiger charge is -2.11. The molecule has 15 heavy (non-hydrogen) atoms. The number of hydrogen-bond acceptors (Lipinski definition) is 4. The van der Waals surface area contributed by atoms with Crippen LogP contribution in [0.2, 0.25) is 0 Å². The third-order valence-electron chi connectivity index (χ3n) is 1.80. The molecule has 0 aromatic heterocycles. The Morgan fingerprint density at radius 3 is 2.40 bits per heavy atom. The number of carbonyl (C=O) groups excluding carboxylic acids is 1. The SMILES string of the molecule is CC(CC(=O)O)CC(=O)NCC(O)CO. The van der Waals surface area contributed by atoms with Gasteiger partial charge in [0.2, 0.25) is 5.91 Å². The van der Waals surface area contributed by atoms with Gasteiger partial charge >= 0.3 is 5.97 Å². The Kier molecular flexibility index (Phi) is 6.64. The van der Waals surface area contributed by atoms with Crippen molar-refractivity contribution in [3.63, 3.8) is 0 Å². The Morgan fingerprint density at radius 2 is 1.93 bits per heavy atom. The van der Waals surface area contributed by atoms with Crippen LogP contribution < -0.4 is 5.32 Å². The van der Waals surface area contributed by atoms with Crippen LogP contribution in [-0.2, 0) is 9.59 Å². The summed E-state index contributed by atoms with van der Waals surface area (Å²) in [6, 6.07) is 0. The summed E-state index contributed by atoms with van der Waals surface area (Å²) in [4.78, 5) is 21.5. The van der Waals surface area contributed by atoms with Crippen molar-refractivity contribution in [1.29, 1.82) is 0 Å². The minimum absolute atomic E-state index is 0.0187. The van der Waals surface area contributed by atoms with Gasteiger partial charge in [0, 0.05) is 19.4 Å². The van der Waals surface area contributed by atoms with Crippen LogP contribution in [0, 0.1) is 5.92 Å². The molecule has 2 atom stereocenters. The Hall–Kier alpha value is -1.14. The van der Waals surface area contributed by atoms with Gasteiger partial charge in [-0.25, -0.2) is 0 Å². The van der Waals surface area contributed by atoms with E-state index in [1.165, 1.54) is 0 Å². The van der Waals surface area contributed by atoms with Gasteiger partial charge in [0.25, 0.3) is 0 Å². The summed E-state index contributed by atoms with van der Waals surface area (Å²) in [6.45, 7) is 1.23. The molecule has 0 aromatic carbocycles. The molecule has 6 nitrogen and oxygen atoms in total. The van der Waals surface area contributed by atoms with E-state index in [4.69, 9.17) is 15.3 Å². The second-order valence-corrected chi connectivity index (χ2v) is 3.55. The Labute approximate surface area is 87.9 Å². The van der Waals surface area contributed by atoms with Crippen LogP contribution in [0.5, 0.6) is 0 Å². The van der Waals surface area contributed by atoms with Gasteiger partial charge in [0.15, 0.2) is 0 Å². The predicted molar refractivity (Wildman–Crippen MR) is 52.1 cm³/mol. The molecule has 0 aliphatic heterocycles. The number of amides is 1. The smallest absolute Gasteiger partial charge is 0.303 e. The number of carboxylic acids is 1. The van der Waals surface area contributed by atoms with Crippen molar-refractivity contribution in [2.45, 2.75) is 25.9 Å². The molecule has 0 saturated heterocycles. The standard InChI is InChI=1S/C9H17NO5/c1-6(3-9(14)15)2-8(13)10-4-7(12)5-11/h6-7,11-12H,2-5H2,1H3,(H,10,13)(H,14,15). The van der Waals surface area contributed by atoms with E-state index in [0.29, 0.717) is 0 Å². The van der Waals surface area contributed by atoms with Crippen LogP contribution in [0.3, 0.4) is 0 Å². The van der Waals surface area contributed by atoms with Crippen LogP contribution in [0.1, 0.15) is 19.8 Å². The molecule has 0 fully saturated rings. The second-order valence-electron chi connectivity index (χ2n) is 3.55. The first-order chi connectivity index (χ1) is 6.95. The maximum Gasteiger partial charge on any atom is 0.303 e. The quantitative estimate of drug-likeness (QED) is 0.437. The van der Waals surface area contributed by atoms with Gasteiger partial charge in [-0.1, -0.05) is 6.92 Å². The van der Waals surface area contributed by atoms with Crippen LogP contribution in [-0.4, -0.2) is 46.5 Å². The molecule has 0 rings (SSSR count). The highest BCUT2D eigenvalue weighted by atomic mass is 16.4. The highest BCUT2D eigenvalue weighted by molar-refractivity contribution is 5.77. The average Bonchev–Trinajstić information content (AvgIpc) is 2.12. The molecule has 6 heteroatoms. The molecule has 2 unspecified atom stereocenters. The van der Waals surface area contributed by atoms with Crippen molar-refractivity contribution in [2.24, 2.45) is 5.92 Å². The molecular weight excluding hydrogens is 202 g/mol. The number of nitrogens with one attached hydrogen (secondary N) is 1. The zero-order valence-electron chi connectivity index (χ0n) is 8.64.